The minimum atomic E-state index is -0.440. The highest BCUT2D eigenvalue weighted by Crippen LogP contribution is 2.21. The summed E-state index contributed by atoms with van der Waals surface area (Å²) < 4.78 is 10.9. The standard InChI is InChI=1S/C13H19NO3/c1-3-7-16-9-11-8-10(13(14)15)5-6-12(11)17-4-2/h5-6,8H,3-4,7,9H2,1-2H3,(H2,14,15). The number of primary amides is 1. The number of rotatable bonds is 7. The molecule has 0 aromatic heterocycles. The third-order valence-corrected chi connectivity index (χ3v) is 2.25. The molecule has 0 unspecified atom stereocenters. The van der Waals surface area contributed by atoms with Crippen LogP contribution in [0.1, 0.15) is 36.2 Å². The molecule has 1 aromatic carbocycles. The largest absolute Gasteiger partial charge is 0.494 e. The van der Waals surface area contributed by atoms with Gasteiger partial charge in [0.15, 0.2) is 0 Å². The van der Waals surface area contributed by atoms with Crippen LogP contribution in [0.25, 0.3) is 0 Å². The van der Waals surface area contributed by atoms with Crippen LogP contribution in [0.15, 0.2) is 18.2 Å². The molecule has 0 aliphatic rings. The maximum atomic E-state index is 11.1. The van der Waals surface area contributed by atoms with E-state index in [9.17, 15) is 4.79 Å². The van der Waals surface area contributed by atoms with E-state index in [-0.39, 0.29) is 0 Å². The zero-order chi connectivity index (χ0) is 12.7. The molecule has 0 fully saturated rings. The van der Waals surface area contributed by atoms with E-state index in [4.69, 9.17) is 15.2 Å². The Balaban J connectivity index is 2.86. The molecular formula is C13H19NO3. The number of ether oxygens (including phenoxy) is 2. The molecule has 0 bridgehead atoms. The highest BCUT2D eigenvalue weighted by Gasteiger charge is 2.08. The van der Waals surface area contributed by atoms with Gasteiger partial charge in [0.1, 0.15) is 5.75 Å². The van der Waals surface area contributed by atoms with E-state index in [0.29, 0.717) is 25.4 Å². The van der Waals surface area contributed by atoms with Gasteiger partial charge in [-0.2, -0.15) is 0 Å². The molecule has 0 saturated heterocycles. The normalized spacial score (nSPS) is 10.2. The van der Waals surface area contributed by atoms with Crippen LogP contribution in [0.4, 0.5) is 0 Å². The predicted octanol–water partition coefficient (Wildman–Crippen LogP) is 2.11. The molecule has 1 amide bonds. The first-order valence-corrected chi connectivity index (χ1v) is 5.82. The van der Waals surface area contributed by atoms with Crippen molar-refractivity contribution in [2.45, 2.75) is 26.9 Å². The maximum absolute atomic E-state index is 11.1. The minimum Gasteiger partial charge on any atom is -0.494 e. The van der Waals surface area contributed by atoms with Gasteiger partial charge in [-0.15, -0.1) is 0 Å². The van der Waals surface area contributed by atoms with Crippen molar-refractivity contribution in [3.8, 4) is 5.75 Å². The second-order valence-electron chi connectivity index (χ2n) is 3.67. The Kier molecular flexibility index (Phi) is 5.49. The fourth-order valence-electron chi connectivity index (χ4n) is 1.47. The first-order valence-electron chi connectivity index (χ1n) is 5.82. The van der Waals surface area contributed by atoms with Crippen LogP contribution in [0.2, 0.25) is 0 Å². The van der Waals surface area contributed by atoms with Crippen LogP contribution in [-0.2, 0) is 11.3 Å². The average molecular weight is 237 g/mol. The first kappa shape index (κ1) is 13.5. The molecule has 0 saturated carbocycles. The average Bonchev–Trinajstić information content (AvgIpc) is 2.31. The Bertz CT molecular complexity index is 377. The summed E-state index contributed by atoms with van der Waals surface area (Å²) in [6.45, 7) is 5.66. The molecular weight excluding hydrogens is 218 g/mol. The zero-order valence-corrected chi connectivity index (χ0v) is 10.4. The van der Waals surface area contributed by atoms with Gasteiger partial charge in [0.25, 0.3) is 0 Å². The number of carbonyl (C=O) groups excluding carboxylic acids is 1. The molecule has 1 aromatic rings. The van der Waals surface area contributed by atoms with Gasteiger partial charge in [0, 0.05) is 17.7 Å². The van der Waals surface area contributed by atoms with Crippen molar-refractivity contribution < 1.29 is 14.3 Å². The lowest BCUT2D eigenvalue weighted by atomic mass is 10.1. The van der Waals surface area contributed by atoms with Gasteiger partial charge in [-0.1, -0.05) is 6.92 Å². The lowest BCUT2D eigenvalue weighted by Crippen LogP contribution is -2.12. The Hall–Kier alpha value is -1.55. The fourth-order valence-corrected chi connectivity index (χ4v) is 1.47. The lowest BCUT2D eigenvalue weighted by molar-refractivity contribution is 0.0999. The van der Waals surface area contributed by atoms with Crippen molar-refractivity contribution >= 4 is 5.91 Å². The number of hydrogen-bond acceptors (Lipinski definition) is 3. The van der Waals surface area contributed by atoms with Crippen LogP contribution < -0.4 is 10.5 Å². The monoisotopic (exact) mass is 237 g/mol. The topological polar surface area (TPSA) is 61.5 Å². The molecule has 4 heteroatoms. The summed E-state index contributed by atoms with van der Waals surface area (Å²) in [6, 6.07) is 5.15. The van der Waals surface area contributed by atoms with Crippen molar-refractivity contribution in [3.05, 3.63) is 29.3 Å². The van der Waals surface area contributed by atoms with E-state index in [0.717, 1.165) is 17.7 Å². The van der Waals surface area contributed by atoms with E-state index in [2.05, 4.69) is 0 Å². The summed E-state index contributed by atoms with van der Waals surface area (Å²) >= 11 is 0. The minimum absolute atomic E-state index is 0.435. The van der Waals surface area contributed by atoms with Crippen LogP contribution in [0.3, 0.4) is 0 Å². The first-order chi connectivity index (χ1) is 8.19. The van der Waals surface area contributed by atoms with Crippen molar-refractivity contribution in [1.29, 1.82) is 0 Å². The van der Waals surface area contributed by atoms with Gasteiger partial charge >= 0.3 is 0 Å². The van der Waals surface area contributed by atoms with Crippen LogP contribution in [0, 0.1) is 0 Å². The van der Waals surface area contributed by atoms with E-state index in [1.165, 1.54) is 0 Å². The van der Waals surface area contributed by atoms with Gasteiger partial charge in [-0.3, -0.25) is 4.79 Å². The lowest BCUT2D eigenvalue weighted by Gasteiger charge is -2.11. The van der Waals surface area contributed by atoms with Gasteiger partial charge in [-0.25, -0.2) is 0 Å². The Morgan fingerprint density at radius 3 is 2.71 bits per heavy atom. The highest BCUT2D eigenvalue weighted by molar-refractivity contribution is 5.93. The van der Waals surface area contributed by atoms with Crippen molar-refractivity contribution in [2.24, 2.45) is 5.73 Å². The molecule has 0 aliphatic heterocycles. The number of amides is 1. The van der Waals surface area contributed by atoms with Gasteiger partial charge in [0.2, 0.25) is 5.91 Å². The van der Waals surface area contributed by atoms with Crippen LogP contribution >= 0.6 is 0 Å². The predicted molar refractivity (Wildman–Crippen MR) is 66.1 cm³/mol. The van der Waals surface area contributed by atoms with Gasteiger partial charge in [0.05, 0.1) is 13.2 Å². The summed E-state index contributed by atoms with van der Waals surface area (Å²) in [4.78, 5) is 11.1. The second-order valence-corrected chi connectivity index (χ2v) is 3.67. The molecule has 0 radical (unpaired) electrons. The molecule has 4 nitrogen and oxygen atoms in total. The van der Waals surface area contributed by atoms with Gasteiger partial charge in [-0.05, 0) is 31.5 Å². The second kappa shape index (κ2) is 6.91. The summed E-state index contributed by atoms with van der Waals surface area (Å²) in [7, 11) is 0. The third kappa shape index (κ3) is 4.07. The highest BCUT2D eigenvalue weighted by atomic mass is 16.5. The Morgan fingerprint density at radius 2 is 2.12 bits per heavy atom. The van der Waals surface area contributed by atoms with Crippen LogP contribution in [-0.4, -0.2) is 19.1 Å². The molecule has 0 aliphatic carbocycles. The number of nitrogens with two attached hydrogens (primary N) is 1. The molecule has 0 atom stereocenters. The number of benzene rings is 1. The molecule has 2 N–H and O–H groups in total. The summed E-state index contributed by atoms with van der Waals surface area (Å²) in [5, 5.41) is 0. The third-order valence-electron chi connectivity index (χ3n) is 2.25. The molecule has 1 rings (SSSR count). The summed E-state index contributed by atoms with van der Waals surface area (Å²) in [6.07, 6.45) is 0.958. The zero-order valence-electron chi connectivity index (χ0n) is 10.4. The molecule has 17 heavy (non-hydrogen) atoms. The van der Waals surface area contributed by atoms with E-state index >= 15 is 0 Å². The Labute approximate surface area is 102 Å². The van der Waals surface area contributed by atoms with Crippen molar-refractivity contribution in [3.63, 3.8) is 0 Å². The summed E-state index contributed by atoms with van der Waals surface area (Å²) in [5.41, 5.74) is 6.57. The van der Waals surface area contributed by atoms with E-state index < -0.39 is 5.91 Å². The van der Waals surface area contributed by atoms with E-state index in [1.807, 2.05) is 13.8 Å². The smallest absolute Gasteiger partial charge is 0.248 e. The van der Waals surface area contributed by atoms with E-state index in [1.54, 1.807) is 18.2 Å². The fraction of sp³-hybridized carbons (Fsp3) is 0.462. The molecule has 0 heterocycles. The van der Waals surface area contributed by atoms with Crippen molar-refractivity contribution in [1.82, 2.24) is 0 Å². The van der Waals surface area contributed by atoms with Crippen molar-refractivity contribution in [2.75, 3.05) is 13.2 Å². The SMILES string of the molecule is CCCOCc1cc(C(N)=O)ccc1OCC. The Morgan fingerprint density at radius 1 is 1.35 bits per heavy atom. The van der Waals surface area contributed by atoms with Crippen LogP contribution in [0.5, 0.6) is 5.75 Å². The number of carbonyl (C=O) groups is 1. The molecule has 94 valence electrons. The maximum Gasteiger partial charge on any atom is 0.248 e. The molecule has 0 spiro atoms. The number of hydrogen-bond donors (Lipinski definition) is 1. The van der Waals surface area contributed by atoms with Gasteiger partial charge < -0.3 is 15.2 Å². The summed E-state index contributed by atoms with van der Waals surface area (Å²) in [5.74, 6) is 0.304. The quantitative estimate of drug-likeness (QED) is 0.739.